The average Bonchev–Trinajstić information content (AvgIpc) is 2.65. The van der Waals surface area contributed by atoms with Gasteiger partial charge in [0.2, 0.25) is 0 Å². The number of hydrogen-bond donors (Lipinski definition) is 1. The summed E-state index contributed by atoms with van der Waals surface area (Å²) in [5, 5.41) is 8.49. The number of carboxylic acids is 1. The van der Waals surface area contributed by atoms with Gasteiger partial charge in [-0.15, -0.1) is 0 Å². The molecule has 1 aliphatic rings. The molecule has 1 fully saturated rings. The van der Waals surface area contributed by atoms with Crippen LogP contribution in [-0.4, -0.2) is 16.9 Å². The Kier molecular flexibility index (Phi) is 2.27. The minimum Gasteiger partial charge on any atom is -0.481 e. The Bertz CT molecular complexity index is 186. The first-order valence-corrected chi connectivity index (χ1v) is 3.92. The summed E-state index contributed by atoms with van der Waals surface area (Å²) in [7, 11) is 0. The normalized spacial score (nSPS) is 28.1. The highest BCUT2D eigenvalue weighted by Crippen LogP contribution is 2.40. The summed E-state index contributed by atoms with van der Waals surface area (Å²) < 4.78 is 0. The van der Waals surface area contributed by atoms with Crippen LogP contribution in [0.15, 0.2) is 0 Å². The molecule has 0 radical (unpaired) electrons. The number of carbonyl (C=O) groups excluding carboxylic acids is 1. The van der Waals surface area contributed by atoms with Crippen molar-refractivity contribution in [3.05, 3.63) is 0 Å². The van der Waals surface area contributed by atoms with Crippen molar-refractivity contribution in [3.63, 3.8) is 0 Å². The van der Waals surface area contributed by atoms with E-state index in [4.69, 9.17) is 5.11 Å². The van der Waals surface area contributed by atoms with Gasteiger partial charge >= 0.3 is 5.97 Å². The first kappa shape index (κ1) is 8.24. The third kappa shape index (κ3) is 1.79. The van der Waals surface area contributed by atoms with E-state index in [0.717, 1.165) is 6.42 Å². The molecule has 1 N–H and O–H groups in total. The number of rotatable bonds is 4. The Hall–Kier alpha value is -0.860. The molecule has 0 unspecified atom stereocenters. The fraction of sp³-hybridized carbons (Fsp3) is 0.750. The van der Waals surface area contributed by atoms with Crippen LogP contribution in [0.2, 0.25) is 0 Å². The zero-order valence-electron chi connectivity index (χ0n) is 6.54. The molecule has 62 valence electrons. The molecule has 1 saturated carbocycles. The van der Waals surface area contributed by atoms with E-state index in [1.165, 1.54) is 0 Å². The van der Waals surface area contributed by atoms with Crippen molar-refractivity contribution in [2.24, 2.45) is 11.8 Å². The molecule has 0 aromatic heterocycles. The molecule has 0 saturated heterocycles. The largest absolute Gasteiger partial charge is 0.481 e. The molecule has 2 atom stereocenters. The lowest BCUT2D eigenvalue weighted by atomic mass is 10.1. The molecule has 3 nitrogen and oxygen atoms in total. The minimum atomic E-state index is -0.820. The van der Waals surface area contributed by atoms with Gasteiger partial charge in [0.25, 0.3) is 0 Å². The van der Waals surface area contributed by atoms with Gasteiger partial charge in [-0.1, -0.05) is 6.92 Å². The van der Waals surface area contributed by atoms with E-state index in [1.807, 2.05) is 6.92 Å². The summed E-state index contributed by atoms with van der Waals surface area (Å²) in [6.07, 6.45) is 1.92. The quantitative estimate of drug-likeness (QED) is 0.662. The third-order valence-corrected chi connectivity index (χ3v) is 2.02. The molecule has 0 amide bonds. The maximum Gasteiger partial charge on any atom is 0.307 e. The van der Waals surface area contributed by atoms with Crippen molar-refractivity contribution in [1.29, 1.82) is 0 Å². The second-order valence-corrected chi connectivity index (χ2v) is 3.00. The highest BCUT2D eigenvalue weighted by molar-refractivity contribution is 5.90. The molecule has 1 aliphatic carbocycles. The van der Waals surface area contributed by atoms with Crippen molar-refractivity contribution < 1.29 is 14.7 Å². The van der Waals surface area contributed by atoms with Gasteiger partial charge in [-0.05, 0) is 12.8 Å². The van der Waals surface area contributed by atoms with Gasteiger partial charge in [-0.25, -0.2) is 0 Å². The predicted octanol–water partition coefficient (Wildman–Crippen LogP) is 1.08. The monoisotopic (exact) mass is 156 g/mol. The molecular formula is C8H12O3. The zero-order chi connectivity index (χ0) is 8.43. The van der Waals surface area contributed by atoms with Gasteiger partial charge in [-0.2, -0.15) is 0 Å². The Morgan fingerprint density at radius 2 is 2.09 bits per heavy atom. The molecule has 0 heterocycles. The van der Waals surface area contributed by atoms with Crippen molar-refractivity contribution in [2.75, 3.05) is 0 Å². The van der Waals surface area contributed by atoms with Gasteiger partial charge in [-0.3, -0.25) is 9.59 Å². The van der Waals surface area contributed by atoms with Gasteiger partial charge in [0, 0.05) is 12.3 Å². The maximum absolute atomic E-state index is 11.1. The summed E-state index contributed by atoms with van der Waals surface area (Å²) in [6, 6.07) is 0. The van der Waals surface area contributed by atoms with Crippen LogP contribution in [0.4, 0.5) is 0 Å². The van der Waals surface area contributed by atoms with Gasteiger partial charge in [0.15, 0.2) is 0 Å². The van der Waals surface area contributed by atoms with E-state index >= 15 is 0 Å². The van der Waals surface area contributed by atoms with Crippen LogP contribution < -0.4 is 0 Å². The maximum atomic E-state index is 11.1. The number of aliphatic carboxylic acids is 1. The van der Waals surface area contributed by atoms with Crippen LogP contribution in [0.1, 0.15) is 26.2 Å². The fourth-order valence-electron chi connectivity index (χ4n) is 1.26. The smallest absolute Gasteiger partial charge is 0.307 e. The first-order chi connectivity index (χ1) is 5.16. The van der Waals surface area contributed by atoms with Crippen molar-refractivity contribution >= 4 is 11.8 Å². The van der Waals surface area contributed by atoms with Crippen LogP contribution in [0.25, 0.3) is 0 Å². The summed E-state index contributed by atoms with van der Waals surface area (Å²) in [4.78, 5) is 21.4. The van der Waals surface area contributed by atoms with E-state index < -0.39 is 5.97 Å². The molecule has 0 bridgehead atoms. The highest BCUT2D eigenvalue weighted by atomic mass is 16.4. The molecule has 1 rings (SSSR count). The molecule has 0 spiro atoms. The molecular weight excluding hydrogens is 144 g/mol. The first-order valence-electron chi connectivity index (χ1n) is 3.92. The Morgan fingerprint density at radius 1 is 1.45 bits per heavy atom. The zero-order valence-corrected chi connectivity index (χ0v) is 6.54. The molecule has 3 heteroatoms. The minimum absolute atomic E-state index is 0.125. The Morgan fingerprint density at radius 3 is 2.45 bits per heavy atom. The van der Waals surface area contributed by atoms with Crippen molar-refractivity contribution in [1.82, 2.24) is 0 Å². The van der Waals surface area contributed by atoms with Gasteiger partial charge < -0.3 is 5.11 Å². The highest BCUT2D eigenvalue weighted by Gasteiger charge is 2.47. The summed E-state index contributed by atoms with van der Waals surface area (Å²) >= 11 is 0. The summed E-state index contributed by atoms with van der Waals surface area (Å²) in [5.41, 5.74) is 0. The number of ketones is 1. The SMILES string of the molecule is CCCC(=O)[C@@H]1C[C@@H]1C(=O)O. The van der Waals surface area contributed by atoms with Crippen LogP contribution in [0.3, 0.4) is 0 Å². The second-order valence-electron chi connectivity index (χ2n) is 3.00. The Labute approximate surface area is 65.4 Å². The van der Waals surface area contributed by atoms with E-state index in [2.05, 4.69) is 0 Å². The lowest BCUT2D eigenvalue weighted by Gasteiger charge is -1.93. The van der Waals surface area contributed by atoms with E-state index in [1.54, 1.807) is 0 Å². The van der Waals surface area contributed by atoms with Crippen LogP contribution in [0.5, 0.6) is 0 Å². The number of carboxylic acid groups (broad SMARTS) is 1. The topological polar surface area (TPSA) is 54.4 Å². The van der Waals surface area contributed by atoms with Crippen LogP contribution in [-0.2, 0) is 9.59 Å². The molecule has 0 aromatic rings. The average molecular weight is 156 g/mol. The van der Waals surface area contributed by atoms with Crippen LogP contribution >= 0.6 is 0 Å². The molecule has 0 aliphatic heterocycles. The predicted molar refractivity (Wildman–Crippen MR) is 39.1 cm³/mol. The van der Waals surface area contributed by atoms with Gasteiger partial charge in [0.05, 0.1) is 5.92 Å². The van der Waals surface area contributed by atoms with E-state index in [-0.39, 0.29) is 17.6 Å². The summed E-state index contributed by atoms with van der Waals surface area (Å²) in [5.74, 6) is -1.22. The standard InChI is InChI=1S/C8H12O3/c1-2-3-7(9)5-4-6(5)8(10)11/h5-6H,2-4H2,1H3,(H,10,11)/t5-,6+/m1/s1. The number of hydrogen-bond acceptors (Lipinski definition) is 2. The van der Waals surface area contributed by atoms with Crippen LogP contribution in [0, 0.1) is 11.8 Å². The fourth-order valence-corrected chi connectivity index (χ4v) is 1.26. The van der Waals surface area contributed by atoms with Crippen molar-refractivity contribution in [3.8, 4) is 0 Å². The lowest BCUT2D eigenvalue weighted by Crippen LogP contribution is -2.06. The van der Waals surface area contributed by atoms with E-state index in [0.29, 0.717) is 12.8 Å². The van der Waals surface area contributed by atoms with Crippen molar-refractivity contribution in [2.45, 2.75) is 26.2 Å². The van der Waals surface area contributed by atoms with E-state index in [9.17, 15) is 9.59 Å². The third-order valence-electron chi connectivity index (χ3n) is 2.02. The number of Topliss-reactive ketones (excluding diaryl/α,β-unsaturated/α-hetero) is 1. The molecule has 0 aromatic carbocycles. The number of carbonyl (C=O) groups is 2. The lowest BCUT2D eigenvalue weighted by molar-refractivity contribution is -0.140. The van der Waals surface area contributed by atoms with Gasteiger partial charge in [0.1, 0.15) is 5.78 Å². The second kappa shape index (κ2) is 3.03. The molecule has 11 heavy (non-hydrogen) atoms. The summed E-state index contributed by atoms with van der Waals surface area (Å²) in [6.45, 7) is 1.93. The Balaban J connectivity index is 2.32.